The Labute approximate surface area is 321 Å². The van der Waals surface area contributed by atoms with Gasteiger partial charge in [0.1, 0.15) is 47.6 Å². The minimum absolute atomic E-state index is 0.0131. The van der Waals surface area contributed by atoms with Crippen molar-refractivity contribution in [2.24, 2.45) is 0 Å². The van der Waals surface area contributed by atoms with Crippen LogP contribution in [0.15, 0.2) is 67.0 Å². The second kappa shape index (κ2) is 18.1. The molecule has 15 heteroatoms. The number of pyridine rings is 1. The molecule has 0 aliphatic carbocycles. The van der Waals surface area contributed by atoms with Crippen LogP contribution in [-0.2, 0) is 30.7 Å². The second-order valence-corrected chi connectivity index (χ2v) is 13.9. The van der Waals surface area contributed by atoms with Gasteiger partial charge in [0.15, 0.2) is 0 Å². The predicted octanol–water partition coefficient (Wildman–Crippen LogP) is 6.52. The number of carbonyl (C=O) groups is 1. The topological polar surface area (TPSA) is 157 Å². The summed E-state index contributed by atoms with van der Waals surface area (Å²) < 4.78 is 61.9. The fourth-order valence-electron chi connectivity index (χ4n) is 6.18. The van der Waals surface area contributed by atoms with Crippen molar-refractivity contribution in [1.29, 1.82) is 5.26 Å². The zero-order chi connectivity index (χ0) is 39.8. The summed E-state index contributed by atoms with van der Waals surface area (Å²) >= 11 is 6.65. The number of ether oxygens (including phenoxy) is 3. The van der Waals surface area contributed by atoms with Gasteiger partial charge in [-0.05, 0) is 67.1 Å². The number of carboxylic acids is 1. The first-order valence-corrected chi connectivity index (χ1v) is 17.9. The molecular weight excluding hydrogens is 741 g/mol. The van der Waals surface area contributed by atoms with Crippen LogP contribution < -0.4 is 19.5 Å². The highest BCUT2D eigenvalue weighted by Gasteiger charge is 2.38. The molecule has 4 N–H and O–H groups in total. The minimum atomic E-state index is -4.71. The summed E-state index contributed by atoms with van der Waals surface area (Å²) in [4.78, 5) is 17.9. The molecule has 2 atom stereocenters. The number of hydrogen-bond donors (Lipinski definition) is 4. The number of carboxylic acid groups (broad SMARTS) is 1. The van der Waals surface area contributed by atoms with Gasteiger partial charge in [-0.25, -0.2) is 0 Å². The van der Waals surface area contributed by atoms with Crippen molar-refractivity contribution in [1.82, 2.24) is 15.2 Å². The van der Waals surface area contributed by atoms with E-state index in [0.29, 0.717) is 59.3 Å². The fraction of sp³-hybridized carbons (Fsp3) is 0.375. The highest BCUT2D eigenvalue weighted by Crippen LogP contribution is 2.44. The number of halogens is 4. The van der Waals surface area contributed by atoms with Gasteiger partial charge in [-0.2, -0.15) is 18.4 Å². The van der Waals surface area contributed by atoms with E-state index in [4.69, 9.17) is 25.8 Å². The number of benzene rings is 3. The number of nitrogens with one attached hydrogen (secondary N) is 1. The maximum Gasteiger partial charge on any atom is 0.420 e. The average molecular weight is 783 g/mol. The fourth-order valence-corrected chi connectivity index (χ4v) is 6.42. The van der Waals surface area contributed by atoms with Crippen LogP contribution in [0.3, 0.4) is 0 Å². The molecule has 3 aromatic carbocycles. The third kappa shape index (κ3) is 10.4. The number of rotatable bonds is 17. The van der Waals surface area contributed by atoms with Gasteiger partial charge in [-0.3, -0.25) is 15.1 Å². The highest BCUT2D eigenvalue weighted by atomic mass is 35.5. The zero-order valence-corrected chi connectivity index (χ0v) is 31.1. The summed E-state index contributed by atoms with van der Waals surface area (Å²) in [5.74, 6) is -1.08. The molecule has 2 unspecified atom stereocenters. The molecular formula is C40H42ClF3N4O7. The molecule has 0 radical (unpaired) electrons. The largest absolute Gasteiger partial charge is 0.493 e. The number of aliphatic hydroxyl groups excluding tert-OH is 2. The Balaban J connectivity index is 1.38. The summed E-state index contributed by atoms with van der Waals surface area (Å²) in [5, 5.41) is 41.3. The molecule has 1 saturated heterocycles. The summed E-state index contributed by atoms with van der Waals surface area (Å²) in [7, 11) is 0. The highest BCUT2D eigenvalue weighted by molar-refractivity contribution is 6.32. The molecule has 4 aromatic rings. The van der Waals surface area contributed by atoms with Crippen molar-refractivity contribution in [2.45, 2.75) is 64.3 Å². The molecule has 1 aliphatic heterocycles. The first kappa shape index (κ1) is 41.3. The van der Waals surface area contributed by atoms with Crippen molar-refractivity contribution in [3.05, 3.63) is 105 Å². The Kier molecular flexibility index (Phi) is 13.6. The number of likely N-dealkylation sites (tertiary alicyclic amines) is 1. The lowest BCUT2D eigenvalue weighted by Crippen LogP contribution is -2.52. The molecule has 5 rings (SSSR count). The molecule has 292 valence electrons. The van der Waals surface area contributed by atoms with Crippen LogP contribution in [0.4, 0.5) is 13.2 Å². The van der Waals surface area contributed by atoms with Gasteiger partial charge in [-0.1, -0.05) is 41.9 Å². The van der Waals surface area contributed by atoms with Crippen LogP contribution in [0, 0.1) is 18.3 Å². The number of aromatic nitrogens is 1. The monoisotopic (exact) mass is 782 g/mol. The quantitative estimate of drug-likeness (QED) is 0.0865. The Morgan fingerprint density at radius 2 is 1.78 bits per heavy atom. The molecule has 11 nitrogen and oxygen atoms in total. The SMILES string of the molecule is Cc1c(COc2cc(OCc3cncc(C#N)c3)c(CNC(C)(CO)C(=O)O)cc2Cl)cccc1-c1cccc(OCCCN2CCC(O)C2)c1C(F)(F)F. The van der Waals surface area contributed by atoms with E-state index in [1.54, 1.807) is 31.2 Å². The number of nitriles is 1. The van der Waals surface area contributed by atoms with E-state index in [9.17, 15) is 38.5 Å². The van der Waals surface area contributed by atoms with Gasteiger partial charge >= 0.3 is 12.1 Å². The summed E-state index contributed by atoms with van der Waals surface area (Å²) in [6.45, 7) is 4.17. The number of hydrogen-bond acceptors (Lipinski definition) is 10. The molecule has 1 aromatic heterocycles. The molecule has 1 aliphatic rings. The van der Waals surface area contributed by atoms with Crippen LogP contribution in [-0.4, -0.2) is 75.7 Å². The standard InChI is InChI=1S/C40H42ClF3N4O7/c1-25-28(6-3-7-31(25)32-8-4-9-34(37(32)40(42,43)44)53-13-5-11-48-12-10-30(50)21-48)23-55-36-16-35(54-22-27-14-26(17-45)18-46-19-27)29(15-33(36)41)20-47-39(2,24-49)38(51)52/h3-4,6-9,14-16,18-19,30,47,49-50H,5,10-13,20-24H2,1-2H3,(H,51,52). The van der Waals surface area contributed by atoms with Crippen molar-refractivity contribution in [2.75, 3.05) is 32.8 Å². The van der Waals surface area contributed by atoms with Gasteiger partial charge in [0.2, 0.25) is 0 Å². The maximum atomic E-state index is 14.7. The van der Waals surface area contributed by atoms with Gasteiger partial charge in [0, 0.05) is 55.8 Å². The normalized spacial score (nSPS) is 15.7. The van der Waals surface area contributed by atoms with Crippen LogP contribution in [0.2, 0.25) is 5.02 Å². The molecule has 0 spiro atoms. The molecule has 55 heavy (non-hydrogen) atoms. The second-order valence-electron chi connectivity index (χ2n) is 13.5. The smallest absolute Gasteiger partial charge is 0.420 e. The lowest BCUT2D eigenvalue weighted by atomic mass is 9.92. The Morgan fingerprint density at radius 3 is 2.47 bits per heavy atom. The van der Waals surface area contributed by atoms with Crippen LogP contribution in [0.1, 0.15) is 53.1 Å². The number of aliphatic hydroxyl groups is 2. The maximum absolute atomic E-state index is 14.7. The van der Waals surface area contributed by atoms with Gasteiger partial charge in [-0.15, -0.1) is 0 Å². The lowest BCUT2D eigenvalue weighted by molar-refractivity contribution is -0.146. The van der Waals surface area contributed by atoms with E-state index in [0.717, 1.165) is 6.54 Å². The van der Waals surface area contributed by atoms with E-state index >= 15 is 0 Å². The van der Waals surface area contributed by atoms with Crippen molar-refractivity contribution >= 4 is 17.6 Å². The number of aliphatic carboxylic acids is 1. The van der Waals surface area contributed by atoms with Crippen LogP contribution >= 0.6 is 11.6 Å². The van der Waals surface area contributed by atoms with Gasteiger partial charge in [0.05, 0.1) is 29.9 Å². The summed E-state index contributed by atoms with van der Waals surface area (Å²) in [6, 6.07) is 15.9. The minimum Gasteiger partial charge on any atom is -0.493 e. The molecule has 1 fully saturated rings. The number of β-amino-alcohol motifs (C(OH)–C–C–N with tert-alkyl or cyclic N) is 1. The number of alkyl halides is 3. The summed E-state index contributed by atoms with van der Waals surface area (Å²) in [5.41, 5.74) is 0.269. The van der Waals surface area contributed by atoms with Crippen molar-refractivity contribution < 1.29 is 47.5 Å². The van der Waals surface area contributed by atoms with Crippen LogP contribution in [0.5, 0.6) is 17.2 Å². The van der Waals surface area contributed by atoms with Crippen LogP contribution in [0.25, 0.3) is 11.1 Å². The van der Waals surface area contributed by atoms with Gasteiger partial charge < -0.3 is 34.4 Å². The van der Waals surface area contributed by atoms with E-state index in [2.05, 4.69) is 15.2 Å². The van der Waals surface area contributed by atoms with Crippen molar-refractivity contribution in [3.8, 4) is 34.4 Å². The number of nitrogens with zero attached hydrogens (tertiary/aromatic N) is 3. The van der Waals surface area contributed by atoms with E-state index < -0.39 is 29.9 Å². The van der Waals surface area contributed by atoms with E-state index in [-0.39, 0.29) is 60.3 Å². The zero-order valence-electron chi connectivity index (χ0n) is 30.3. The molecule has 0 bridgehead atoms. The Hall–Kier alpha value is -4.91. The summed E-state index contributed by atoms with van der Waals surface area (Å²) in [6.07, 6.45) is -0.972. The first-order valence-electron chi connectivity index (χ1n) is 17.6. The molecule has 0 amide bonds. The van der Waals surface area contributed by atoms with Crippen molar-refractivity contribution in [3.63, 3.8) is 0 Å². The molecule has 2 heterocycles. The third-order valence-electron chi connectivity index (χ3n) is 9.44. The first-order chi connectivity index (χ1) is 26.2. The third-order valence-corrected chi connectivity index (χ3v) is 9.74. The molecule has 0 saturated carbocycles. The van der Waals surface area contributed by atoms with E-state index in [1.165, 1.54) is 49.6 Å². The van der Waals surface area contributed by atoms with Gasteiger partial charge in [0.25, 0.3) is 0 Å². The lowest BCUT2D eigenvalue weighted by Gasteiger charge is -2.25. The predicted molar refractivity (Wildman–Crippen MR) is 198 cm³/mol. The Morgan fingerprint density at radius 1 is 1.04 bits per heavy atom. The Bertz CT molecular complexity index is 2030. The average Bonchev–Trinajstić information content (AvgIpc) is 3.58. The van der Waals surface area contributed by atoms with E-state index in [1.807, 2.05) is 6.07 Å².